The number of aromatic hydroxyl groups is 1. The fourth-order valence-electron chi connectivity index (χ4n) is 1.06. The lowest BCUT2D eigenvalue weighted by atomic mass is 10.2. The predicted molar refractivity (Wildman–Crippen MR) is 62.5 cm³/mol. The van der Waals surface area contributed by atoms with Crippen molar-refractivity contribution in [3.05, 3.63) is 18.2 Å². The number of hydrogen-bond donors (Lipinski definition) is 3. The Labute approximate surface area is 95.3 Å². The molecule has 0 fully saturated rings. The zero-order chi connectivity index (χ0) is 12.3. The predicted octanol–water partition coefficient (Wildman–Crippen LogP) is 0.909. The Kier molecular flexibility index (Phi) is 3.77. The highest BCUT2D eigenvalue weighted by Crippen LogP contribution is 2.22. The molecule has 0 bridgehead atoms. The fraction of sp³-hybridized carbons (Fsp3) is 0.400. The molecule has 0 aliphatic heterocycles. The zero-order valence-corrected chi connectivity index (χ0v) is 10.1. The molecule has 5 nitrogen and oxygen atoms in total. The van der Waals surface area contributed by atoms with Gasteiger partial charge >= 0.3 is 0 Å². The average molecular weight is 244 g/mol. The Balaban J connectivity index is 2.94. The number of anilines is 1. The molecule has 0 aromatic heterocycles. The minimum atomic E-state index is -3.54. The number of nitrogen functional groups attached to an aromatic ring is 1. The molecule has 1 aromatic carbocycles. The van der Waals surface area contributed by atoms with E-state index in [1.54, 1.807) is 0 Å². The Bertz CT molecular complexity index is 469. The monoisotopic (exact) mass is 244 g/mol. The third-order valence-electron chi connectivity index (χ3n) is 1.99. The lowest BCUT2D eigenvalue weighted by Gasteiger charge is -2.09. The van der Waals surface area contributed by atoms with Crippen LogP contribution in [0.2, 0.25) is 0 Å². The topological polar surface area (TPSA) is 92.4 Å². The van der Waals surface area contributed by atoms with Crippen molar-refractivity contribution >= 4 is 15.7 Å². The number of phenols is 1. The molecule has 0 heterocycles. The van der Waals surface area contributed by atoms with E-state index < -0.39 is 10.0 Å². The first-order valence-corrected chi connectivity index (χ1v) is 6.39. The Morgan fingerprint density at radius 1 is 1.44 bits per heavy atom. The van der Waals surface area contributed by atoms with Gasteiger partial charge in [-0.05, 0) is 24.1 Å². The van der Waals surface area contributed by atoms with E-state index >= 15 is 0 Å². The van der Waals surface area contributed by atoms with Gasteiger partial charge in [-0.25, -0.2) is 13.1 Å². The van der Waals surface area contributed by atoms with Crippen LogP contribution in [0.3, 0.4) is 0 Å². The molecule has 16 heavy (non-hydrogen) atoms. The van der Waals surface area contributed by atoms with E-state index in [-0.39, 0.29) is 22.3 Å². The number of nitrogens with two attached hydrogens (primary N) is 1. The molecule has 6 heteroatoms. The molecule has 0 aliphatic carbocycles. The summed E-state index contributed by atoms with van der Waals surface area (Å²) in [5.74, 6) is 0.104. The van der Waals surface area contributed by atoms with Crippen LogP contribution in [0.4, 0.5) is 5.69 Å². The molecule has 1 aromatic rings. The molecule has 0 atom stereocenters. The van der Waals surface area contributed by atoms with E-state index in [0.29, 0.717) is 6.54 Å². The third-order valence-corrected chi connectivity index (χ3v) is 3.41. The maximum Gasteiger partial charge on any atom is 0.240 e. The molecule has 0 aliphatic rings. The number of benzene rings is 1. The first-order valence-electron chi connectivity index (χ1n) is 4.91. The molecule has 0 saturated carbocycles. The van der Waals surface area contributed by atoms with Crippen molar-refractivity contribution in [3.8, 4) is 5.75 Å². The average Bonchev–Trinajstić information content (AvgIpc) is 2.19. The van der Waals surface area contributed by atoms with Crippen LogP contribution in [0.15, 0.2) is 23.1 Å². The largest absolute Gasteiger partial charge is 0.506 e. The lowest BCUT2D eigenvalue weighted by molar-refractivity contribution is 0.477. The molecule has 0 amide bonds. The SMILES string of the molecule is CC(C)CNS(=O)(=O)c1ccc(O)c(N)c1. The molecular weight excluding hydrogens is 228 g/mol. The third kappa shape index (κ3) is 3.11. The van der Waals surface area contributed by atoms with E-state index in [4.69, 9.17) is 5.73 Å². The first kappa shape index (κ1) is 12.8. The highest BCUT2D eigenvalue weighted by molar-refractivity contribution is 7.89. The number of nitrogens with one attached hydrogen (secondary N) is 1. The van der Waals surface area contributed by atoms with E-state index in [1.807, 2.05) is 13.8 Å². The summed E-state index contributed by atoms with van der Waals surface area (Å²) in [5.41, 5.74) is 5.48. The van der Waals surface area contributed by atoms with E-state index in [9.17, 15) is 13.5 Å². The van der Waals surface area contributed by atoms with Gasteiger partial charge < -0.3 is 10.8 Å². The minimum absolute atomic E-state index is 0.0485. The van der Waals surface area contributed by atoms with Gasteiger partial charge in [-0.1, -0.05) is 13.8 Å². The number of rotatable bonds is 4. The van der Waals surface area contributed by atoms with Crippen LogP contribution in [0.25, 0.3) is 0 Å². The Morgan fingerprint density at radius 3 is 2.56 bits per heavy atom. The molecular formula is C10H16N2O3S. The van der Waals surface area contributed by atoms with Crippen LogP contribution < -0.4 is 10.5 Å². The minimum Gasteiger partial charge on any atom is -0.506 e. The van der Waals surface area contributed by atoms with Crippen LogP contribution in [0.5, 0.6) is 5.75 Å². The number of hydrogen-bond acceptors (Lipinski definition) is 4. The number of sulfonamides is 1. The van der Waals surface area contributed by atoms with Gasteiger partial charge in [-0.3, -0.25) is 0 Å². The maximum atomic E-state index is 11.8. The van der Waals surface area contributed by atoms with Gasteiger partial charge in [-0.15, -0.1) is 0 Å². The summed E-state index contributed by atoms with van der Waals surface area (Å²) in [5, 5.41) is 9.19. The fourth-order valence-corrected chi connectivity index (χ4v) is 2.31. The molecule has 90 valence electrons. The highest BCUT2D eigenvalue weighted by atomic mass is 32.2. The summed E-state index contributed by atoms with van der Waals surface area (Å²) < 4.78 is 26.0. The summed E-state index contributed by atoms with van der Waals surface area (Å²) in [7, 11) is -3.54. The van der Waals surface area contributed by atoms with Crippen molar-refractivity contribution in [2.75, 3.05) is 12.3 Å². The van der Waals surface area contributed by atoms with Gasteiger partial charge in [0.25, 0.3) is 0 Å². The van der Waals surface area contributed by atoms with Gasteiger partial charge in [0.15, 0.2) is 0 Å². The summed E-state index contributed by atoms with van der Waals surface area (Å²) in [6.07, 6.45) is 0. The normalized spacial score (nSPS) is 11.9. The molecule has 4 N–H and O–H groups in total. The van der Waals surface area contributed by atoms with Crippen molar-refractivity contribution in [2.24, 2.45) is 5.92 Å². The van der Waals surface area contributed by atoms with E-state index in [0.717, 1.165) is 0 Å². The summed E-state index contributed by atoms with van der Waals surface area (Å²) in [4.78, 5) is 0.0588. The molecule has 0 spiro atoms. The second kappa shape index (κ2) is 4.71. The smallest absolute Gasteiger partial charge is 0.240 e. The van der Waals surface area contributed by atoms with E-state index in [2.05, 4.69) is 4.72 Å². The van der Waals surface area contributed by atoms with Crippen LogP contribution in [-0.4, -0.2) is 20.1 Å². The van der Waals surface area contributed by atoms with Crippen molar-refractivity contribution in [1.29, 1.82) is 0 Å². The van der Waals surface area contributed by atoms with E-state index in [1.165, 1.54) is 18.2 Å². The van der Waals surface area contributed by atoms with Gasteiger partial charge in [0.2, 0.25) is 10.0 Å². The quantitative estimate of drug-likeness (QED) is 0.542. The van der Waals surface area contributed by atoms with Crippen molar-refractivity contribution < 1.29 is 13.5 Å². The zero-order valence-electron chi connectivity index (χ0n) is 9.27. The summed E-state index contributed by atoms with van der Waals surface area (Å²) >= 11 is 0. The van der Waals surface area contributed by atoms with Crippen LogP contribution >= 0.6 is 0 Å². The number of phenolic OH excluding ortho intramolecular Hbond substituents is 1. The van der Waals surface area contributed by atoms with Gasteiger partial charge in [0.1, 0.15) is 5.75 Å². The highest BCUT2D eigenvalue weighted by Gasteiger charge is 2.15. The maximum absolute atomic E-state index is 11.8. The lowest BCUT2D eigenvalue weighted by Crippen LogP contribution is -2.27. The molecule has 1 rings (SSSR count). The van der Waals surface area contributed by atoms with Crippen LogP contribution in [0, 0.1) is 5.92 Å². The van der Waals surface area contributed by atoms with Crippen LogP contribution in [-0.2, 0) is 10.0 Å². The summed E-state index contributed by atoms with van der Waals surface area (Å²) in [6, 6.07) is 3.81. The summed E-state index contributed by atoms with van der Waals surface area (Å²) in [6.45, 7) is 4.19. The molecule has 0 unspecified atom stereocenters. The van der Waals surface area contributed by atoms with Crippen molar-refractivity contribution in [2.45, 2.75) is 18.7 Å². The van der Waals surface area contributed by atoms with Gasteiger partial charge in [0, 0.05) is 6.54 Å². The van der Waals surface area contributed by atoms with Gasteiger partial charge in [-0.2, -0.15) is 0 Å². The second-order valence-corrected chi connectivity index (χ2v) is 5.73. The van der Waals surface area contributed by atoms with Gasteiger partial charge in [0.05, 0.1) is 10.6 Å². The molecule has 0 radical (unpaired) electrons. The van der Waals surface area contributed by atoms with Crippen molar-refractivity contribution in [1.82, 2.24) is 4.72 Å². The Hall–Kier alpha value is -1.27. The first-order chi connectivity index (χ1) is 7.33. The standard InChI is InChI=1S/C10H16N2O3S/c1-7(2)6-12-16(14,15)8-3-4-10(13)9(11)5-8/h3-5,7,12-13H,6,11H2,1-2H3. The second-order valence-electron chi connectivity index (χ2n) is 3.97. The van der Waals surface area contributed by atoms with Crippen LogP contribution in [0.1, 0.15) is 13.8 Å². The Morgan fingerprint density at radius 2 is 2.06 bits per heavy atom. The molecule has 0 saturated heterocycles. The van der Waals surface area contributed by atoms with Crippen molar-refractivity contribution in [3.63, 3.8) is 0 Å².